The van der Waals surface area contributed by atoms with Gasteiger partial charge in [-0.1, -0.05) is 56.1 Å². The molecule has 41 heavy (non-hydrogen) atoms. The van der Waals surface area contributed by atoms with Crippen LogP contribution < -0.4 is 18.9 Å². The van der Waals surface area contributed by atoms with Crippen LogP contribution in [0.5, 0.6) is 23.0 Å². The summed E-state index contributed by atoms with van der Waals surface area (Å²) in [6, 6.07) is 16.2. The summed E-state index contributed by atoms with van der Waals surface area (Å²) in [4.78, 5) is 36.2. The van der Waals surface area contributed by atoms with Crippen molar-refractivity contribution in [3.63, 3.8) is 0 Å². The fraction of sp³-hybridized carbons (Fsp3) is 0.0938. The average Bonchev–Trinajstić information content (AvgIpc) is 2.93. The highest BCUT2D eigenvalue weighted by atomic mass is 19.3. The molecule has 0 aliphatic rings. The Morgan fingerprint density at radius 1 is 0.610 bits per heavy atom. The fourth-order valence-corrected chi connectivity index (χ4v) is 3.26. The summed E-state index contributed by atoms with van der Waals surface area (Å²) in [5, 5.41) is 0. The highest BCUT2D eigenvalue weighted by Crippen LogP contribution is 2.42. The molecule has 0 aromatic heterocycles. The minimum atomic E-state index is -2.10. The van der Waals surface area contributed by atoms with Gasteiger partial charge in [-0.2, -0.15) is 8.78 Å². The zero-order valence-corrected chi connectivity index (χ0v) is 22.6. The van der Waals surface area contributed by atoms with Gasteiger partial charge in [0.25, 0.3) is 0 Å². The van der Waals surface area contributed by atoms with E-state index in [2.05, 4.69) is 19.7 Å². The maximum Gasteiger partial charge on any atom is 0.338 e. The van der Waals surface area contributed by atoms with Gasteiger partial charge in [0, 0.05) is 28.3 Å². The third-order valence-corrected chi connectivity index (χ3v) is 5.37. The van der Waals surface area contributed by atoms with Gasteiger partial charge in [-0.15, -0.1) is 0 Å². The van der Waals surface area contributed by atoms with E-state index in [0.29, 0.717) is 11.3 Å². The summed E-state index contributed by atoms with van der Waals surface area (Å²) < 4.78 is 46.9. The number of esters is 3. The lowest BCUT2D eigenvalue weighted by Crippen LogP contribution is -2.13. The summed E-state index contributed by atoms with van der Waals surface area (Å²) in [5.74, 6) is -2.30. The third kappa shape index (κ3) is 8.09. The topological polar surface area (TPSA) is 88.1 Å². The lowest BCUT2D eigenvalue weighted by atomic mass is 9.99. The summed E-state index contributed by atoms with van der Waals surface area (Å²) in [5.41, 5.74) is 2.78. The standard InChI is InChI=1S/C32H26F2O7/c1-18(2)30(35)39-24-13-11-22(12-14-24)21-7-9-23(10-8-21)25-15-27(40-31(36)19(3)4)28(41-32(37)20(5)6)16-26(25)38-17-29(33)34/h7-17H,1,3,5H2,2,4,6H3. The van der Waals surface area contributed by atoms with E-state index in [1.54, 1.807) is 55.5 Å². The molecule has 210 valence electrons. The number of rotatable bonds is 10. The van der Waals surface area contributed by atoms with E-state index in [-0.39, 0.29) is 45.8 Å². The highest BCUT2D eigenvalue weighted by Gasteiger charge is 2.20. The van der Waals surface area contributed by atoms with E-state index >= 15 is 0 Å². The van der Waals surface area contributed by atoms with Gasteiger partial charge in [0.15, 0.2) is 17.8 Å². The SMILES string of the molecule is C=C(C)C(=O)Oc1ccc(-c2ccc(-c3cc(OC(=O)C(=C)C)c(OC(=O)C(=C)C)cc3OC=C(F)F)cc2)cc1. The summed E-state index contributed by atoms with van der Waals surface area (Å²) in [6.07, 6.45) is -1.86. The molecule has 0 saturated carbocycles. The third-order valence-electron chi connectivity index (χ3n) is 5.37. The van der Waals surface area contributed by atoms with Gasteiger partial charge in [-0.3, -0.25) is 0 Å². The van der Waals surface area contributed by atoms with Crippen molar-refractivity contribution in [1.82, 2.24) is 0 Å². The first kappa shape index (κ1) is 30.2. The summed E-state index contributed by atoms with van der Waals surface area (Å²) >= 11 is 0. The Labute approximate surface area is 235 Å². The largest absolute Gasteiger partial charge is 0.459 e. The normalized spacial score (nSPS) is 10.2. The fourth-order valence-electron chi connectivity index (χ4n) is 3.26. The van der Waals surface area contributed by atoms with Crippen molar-refractivity contribution < 1.29 is 42.1 Å². The van der Waals surface area contributed by atoms with Crippen LogP contribution in [0, 0.1) is 0 Å². The van der Waals surface area contributed by atoms with Crippen LogP contribution in [0.2, 0.25) is 0 Å². The molecule has 0 saturated heterocycles. The first-order chi connectivity index (χ1) is 19.3. The molecule has 3 aromatic carbocycles. The van der Waals surface area contributed by atoms with Crippen LogP contribution in [0.25, 0.3) is 22.3 Å². The van der Waals surface area contributed by atoms with Gasteiger partial charge in [0.1, 0.15) is 11.5 Å². The number of halogens is 2. The van der Waals surface area contributed by atoms with Crippen molar-refractivity contribution >= 4 is 17.9 Å². The molecule has 9 heteroatoms. The molecular weight excluding hydrogens is 534 g/mol. The zero-order chi connectivity index (χ0) is 30.3. The molecule has 0 N–H and O–H groups in total. The van der Waals surface area contributed by atoms with E-state index in [1.165, 1.54) is 19.9 Å². The average molecular weight is 561 g/mol. The number of hydrogen-bond donors (Lipinski definition) is 0. The maximum atomic E-state index is 12.9. The number of carbonyl (C=O) groups excluding carboxylic acids is 3. The molecule has 0 heterocycles. The van der Waals surface area contributed by atoms with E-state index in [0.717, 1.165) is 17.2 Å². The Morgan fingerprint density at radius 2 is 1.02 bits per heavy atom. The second kappa shape index (κ2) is 13.2. The van der Waals surface area contributed by atoms with Gasteiger partial charge in [0.2, 0.25) is 0 Å². The molecule has 3 aromatic rings. The molecule has 0 bridgehead atoms. The second-order valence-electron chi connectivity index (χ2n) is 8.93. The Morgan fingerprint density at radius 3 is 1.49 bits per heavy atom. The van der Waals surface area contributed by atoms with Crippen LogP contribution in [0.1, 0.15) is 20.8 Å². The molecule has 0 unspecified atom stereocenters. The van der Waals surface area contributed by atoms with E-state index in [9.17, 15) is 23.2 Å². The van der Waals surface area contributed by atoms with Crippen LogP contribution in [0.15, 0.2) is 109 Å². The van der Waals surface area contributed by atoms with Crippen LogP contribution in [0.3, 0.4) is 0 Å². The molecule has 3 rings (SSSR count). The molecule has 0 amide bonds. The molecular formula is C32H26F2O7. The molecule has 0 aliphatic carbocycles. The Balaban J connectivity index is 2.04. The molecule has 0 atom stereocenters. The minimum absolute atomic E-state index is 0.0565. The second-order valence-corrected chi connectivity index (χ2v) is 8.93. The van der Waals surface area contributed by atoms with Gasteiger partial charge in [-0.05, 0) is 55.7 Å². The van der Waals surface area contributed by atoms with Gasteiger partial charge >= 0.3 is 24.0 Å². The van der Waals surface area contributed by atoms with Gasteiger partial charge in [-0.25, -0.2) is 14.4 Å². The molecule has 0 fully saturated rings. The number of ether oxygens (including phenoxy) is 4. The van der Waals surface area contributed by atoms with Gasteiger partial charge < -0.3 is 18.9 Å². The molecule has 0 aliphatic heterocycles. The van der Waals surface area contributed by atoms with Crippen molar-refractivity contribution in [2.75, 3.05) is 0 Å². The Kier molecular flexibility index (Phi) is 9.71. The zero-order valence-electron chi connectivity index (χ0n) is 22.6. The van der Waals surface area contributed by atoms with Crippen molar-refractivity contribution in [3.8, 4) is 45.3 Å². The number of carbonyl (C=O) groups is 3. The molecule has 0 spiro atoms. The minimum Gasteiger partial charge on any atom is -0.459 e. The van der Waals surface area contributed by atoms with Crippen molar-refractivity contribution in [2.24, 2.45) is 0 Å². The van der Waals surface area contributed by atoms with Crippen LogP contribution in [-0.2, 0) is 14.4 Å². The predicted molar refractivity (Wildman–Crippen MR) is 150 cm³/mol. The highest BCUT2D eigenvalue weighted by molar-refractivity contribution is 5.92. The summed E-state index contributed by atoms with van der Waals surface area (Å²) in [6.45, 7) is 15.0. The predicted octanol–water partition coefficient (Wildman–Crippen LogP) is 7.58. The lowest BCUT2D eigenvalue weighted by Gasteiger charge is -2.16. The smallest absolute Gasteiger partial charge is 0.338 e. The summed E-state index contributed by atoms with van der Waals surface area (Å²) in [7, 11) is 0. The molecule has 7 nitrogen and oxygen atoms in total. The lowest BCUT2D eigenvalue weighted by molar-refractivity contribution is -0.132. The van der Waals surface area contributed by atoms with Crippen molar-refractivity contribution in [1.29, 1.82) is 0 Å². The van der Waals surface area contributed by atoms with E-state index in [4.69, 9.17) is 18.9 Å². The van der Waals surface area contributed by atoms with Gasteiger partial charge in [0.05, 0.1) is 0 Å². The Bertz CT molecular complexity index is 1560. The van der Waals surface area contributed by atoms with Crippen LogP contribution in [-0.4, -0.2) is 17.9 Å². The maximum absolute atomic E-state index is 12.9. The van der Waals surface area contributed by atoms with E-state index < -0.39 is 24.0 Å². The first-order valence-corrected chi connectivity index (χ1v) is 12.1. The van der Waals surface area contributed by atoms with Crippen LogP contribution >= 0.6 is 0 Å². The van der Waals surface area contributed by atoms with E-state index in [1.807, 2.05) is 0 Å². The Hall–Kier alpha value is -5.31. The number of benzene rings is 3. The number of hydrogen-bond acceptors (Lipinski definition) is 7. The quantitative estimate of drug-likeness (QED) is 0.109. The van der Waals surface area contributed by atoms with Crippen molar-refractivity contribution in [2.45, 2.75) is 20.8 Å². The first-order valence-electron chi connectivity index (χ1n) is 12.1. The molecule has 0 radical (unpaired) electrons. The monoisotopic (exact) mass is 560 g/mol. The van der Waals surface area contributed by atoms with Crippen LogP contribution in [0.4, 0.5) is 8.78 Å². The van der Waals surface area contributed by atoms with Crippen molar-refractivity contribution in [3.05, 3.63) is 109 Å².